The topological polar surface area (TPSA) is 63.4 Å². The molecule has 1 aromatic rings. The molecule has 0 aromatic carbocycles. The van der Waals surface area contributed by atoms with Gasteiger partial charge in [-0.3, -0.25) is 4.90 Å². The maximum Gasteiger partial charge on any atom is 0.164 e. The minimum Gasteiger partial charge on any atom is -0.329 e. The predicted octanol–water partition coefficient (Wildman–Crippen LogP) is 1.93. The minimum absolute atomic E-state index is 0.0167. The maximum absolute atomic E-state index is 12.0. The molecule has 2 heterocycles. The van der Waals surface area contributed by atoms with Gasteiger partial charge in [-0.1, -0.05) is 0 Å². The van der Waals surface area contributed by atoms with Crippen molar-refractivity contribution in [2.75, 3.05) is 30.9 Å². The van der Waals surface area contributed by atoms with Crippen molar-refractivity contribution in [1.29, 1.82) is 0 Å². The summed E-state index contributed by atoms with van der Waals surface area (Å²) in [7, 11) is -3.09. The molecule has 2 atom stereocenters. The first-order valence-corrected chi connectivity index (χ1v) is 10.6. The molecule has 2 N–H and O–H groups in total. The molecule has 108 valence electrons. The zero-order valence-corrected chi connectivity index (χ0v) is 14.6. The fraction of sp³-hybridized carbons (Fsp3) is 0.636. The van der Waals surface area contributed by atoms with E-state index in [1.54, 1.807) is 23.1 Å². The van der Waals surface area contributed by atoms with Crippen LogP contribution in [0.2, 0.25) is 0 Å². The molecule has 0 amide bonds. The molecule has 0 saturated carbocycles. The van der Waals surface area contributed by atoms with Crippen LogP contribution in [-0.4, -0.2) is 49.5 Å². The summed E-state index contributed by atoms with van der Waals surface area (Å²) in [4.78, 5) is 3.17. The number of rotatable bonds is 4. The van der Waals surface area contributed by atoms with Gasteiger partial charge in [0.25, 0.3) is 0 Å². The fourth-order valence-corrected chi connectivity index (χ4v) is 6.72. The van der Waals surface area contributed by atoms with Crippen LogP contribution < -0.4 is 5.73 Å². The number of nitrogens with two attached hydrogens (primary N) is 1. The lowest BCUT2D eigenvalue weighted by Crippen LogP contribution is -2.50. The highest BCUT2D eigenvalue weighted by molar-refractivity contribution is 9.11. The quantitative estimate of drug-likeness (QED) is 0.858. The van der Waals surface area contributed by atoms with Crippen LogP contribution in [0.4, 0.5) is 0 Å². The Morgan fingerprint density at radius 3 is 2.84 bits per heavy atom. The normalized spacial score (nSPS) is 23.4. The van der Waals surface area contributed by atoms with E-state index in [1.807, 2.05) is 17.0 Å². The lowest BCUT2D eigenvalue weighted by molar-refractivity contribution is 0.200. The Labute approximate surface area is 130 Å². The molecule has 0 aliphatic carbocycles. The van der Waals surface area contributed by atoms with Crippen molar-refractivity contribution in [3.8, 4) is 0 Å². The smallest absolute Gasteiger partial charge is 0.164 e. The molecule has 1 fully saturated rings. The summed E-state index contributed by atoms with van der Waals surface area (Å²) in [5.74, 6) is 1.58. The van der Waals surface area contributed by atoms with Gasteiger partial charge in [0.05, 0.1) is 9.83 Å². The standard InChI is InChI=1S/C11H17BrN2O2S3/c1-19(15,16)11-7-17-5-4-14(11)8(6-13)9-2-3-10(12)18-9/h2-3,8,11H,4-7,13H2,1H3. The van der Waals surface area contributed by atoms with Crippen LogP contribution in [0, 0.1) is 0 Å². The molecule has 1 saturated heterocycles. The number of sulfone groups is 1. The molecular weight excluding hydrogens is 368 g/mol. The number of thioether (sulfide) groups is 1. The van der Waals surface area contributed by atoms with E-state index < -0.39 is 15.2 Å². The molecular formula is C11H17BrN2O2S3. The Balaban J connectivity index is 2.29. The van der Waals surface area contributed by atoms with E-state index in [4.69, 9.17) is 5.73 Å². The largest absolute Gasteiger partial charge is 0.329 e. The number of thiophene rings is 1. The highest BCUT2D eigenvalue weighted by Gasteiger charge is 2.36. The molecule has 0 spiro atoms. The van der Waals surface area contributed by atoms with Crippen molar-refractivity contribution in [2.45, 2.75) is 11.4 Å². The van der Waals surface area contributed by atoms with E-state index in [0.717, 1.165) is 21.0 Å². The second kappa shape index (κ2) is 6.44. The van der Waals surface area contributed by atoms with E-state index in [9.17, 15) is 8.42 Å². The number of halogens is 1. The van der Waals surface area contributed by atoms with Gasteiger partial charge in [0.2, 0.25) is 0 Å². The van der Waals surface area contributed by atoms with Gasteiger partial charge in [0, 0.05) is 35.7 Å². The number of nitrogens with zero attached hydrogens (tertiary/aromatic N) is 1. The van der Waals surface area contributed by atoms with E-state index in [1.165, 1.54) is 6.26 Å². The summed E-state index contributed by atoms with van der Waals surface area (Å²) in [6.07, 6.45) is 1.31. The van der Waals surface area contributed by atoms with E-state index in [-0.39, 0.29) is 6.04 Å². The first-order chi connectivity index (χ1) is 8.93. The lowest BCUT2D eigenvalue weighted by atomic mass is 10.2. The SMILES string of the molecule is CS(=O)(=O)C1CSCCN1C(CN)c1ccc(Br)s1. The third kappa shape index (κ3) is 3.74. The van der Waals surface area contributed by atoms with Crippen LogP contribution in [-0.2, 0) is 9.84 Å². The highest BCUT2D eigenvalue weighted by Crippen LogP contribution is 2.34. The van der Waals surface area contributed by atoms with Gasteiger partial charge in [-0.15, -0.1) is 11.3 Å². The van der Waals surface area contributed by atoms with Crippen LogP contribution >= 0.6 is 39.0 Å². The van der Waals surface area contributed by atoms with Crippen molar-refractivity contribution in [1.82, 2.24) is 4.90 Å². The van der Waals surface area contributed by atoms with Crippen LogP contribution in [0.15, 0.2) is 15.9 Å². The Kier molecular flexibility index (Phi) is 5.35. The molecule has 1 aliphatic rings. The molecule has 2 unspecified atom stereocenters. The molecule has 1 aromatic heterocycles. The Hall–Kier alpha value is 0.400. The highest BCUT2D eigenvalue weighted by atomic mass is 79.9. The van der Waals surface area contributed by atoms with Crippen LogP contribution in [0.3, 0.4) is 0 Å². The minimum atomic E-state index is -3.09. The zero-order chi connectivity index (χ0) is 14.0. The zero-order valence-electron chi connectivity index (χ0n) is 10.6. The Morgan fingerprint density at radius 2 is 2.32 bits per heavy atom. The molecule has 4 nitrogen and oxygen atoms in total. The average molecular weight is 385 g/mol. The van der Waals surface area contributed by atoms with Gasteiger partial charge in [-0.05, 0) is 28.1 Å². The van der Waals surface area contributed by atoms with Crippen LogP contribution in [0.25, 0.3) is 0 Å². The van der Waals surface area contributed by atoms with E-state index in [2.05, 4.69) is 15.9 Å². The maximum atomic E-state index is 12.0. The summed E-state index contributed by atoms with van der Waals surface area (Å²) >= 11 is 6.76. The number of hydrogen-bond acceptors (Lipinski definition) is 6. The van der Waals surface area contributed by atoms with E-state index in [0.29, 0.717) is 12.3 Å². The summed E-state index contributed by atoms with van der Waals surface area (Å²) < 4.78 is 24.9. The summed E-state index contributed by atoms with van der Waals surface area (Å²) in [6, 6.07) is 3.99. The molecule has 0 radical (unpaired) electrons. The third-order valence-corrected chi connectivity index (χ3v) is 7.55. The summed E-state index contributed by atoms with van der Waals surface area (Å²) in [6.45, 7) is 1.20. The number of hydrogen-bond donors (Lipinski definition) is 1. The van der Waals surface area contributed by atoms with Gasteiger partial charge in [-0.2, -0.15) is 11.8 Å². The van der Waals surface area contributed by atoms with Crippen molar-refractivity contribution < 1.29 is 8.42 Å². The Morgan fingerprint density at radius 1 is 1.58 bits per heavy atom. The fourth-order valence-electron chi connectivity index (χ4n) is 2.24. The van der Waals surface area contributed by atoms with Crippen molar-refractivity contribution in [3.05, 3.63) is 20.8 Å². The monoisotopic (exact) mass is 384 g/mol. The van der Waals surface area contributed by atoms with Crippen molar-refractivity contribution in [3.63, 3.8) is 0 Å². The summed E-state index contributed by atoms with van der Waals surface area (Å²) in [5, 5.41) is -0.430. The molecule has 0 bridgehead atoms. The van der Waals surface area contributed by atoms with E-state index >= 15 is 0 Å². The van der Waals surface area contributed by atoms with Crippen LogP contribution in [0.5, 0.6) is 0 Å². The van der Waals surface area contributed by atoms with Gasteiger partial charge in [0.1, 0.15) is 5.37 Å². The first kappa shape index (κ1) is 15.8. The third-order valence-electron chi connectivity index (χ3n) is 3.16. The predicted molar refractivity (Wildman–Crippen MR) is 86.5 cm³/mol. The lowest BCUT2D eigenvalue weighted by Gasteiger charge is -2.39. The van der Waals surface area contributed by atoms with Gasteiger partial charge in [0.15, 0.2) is 9.84 Å². The summed E-state index contributed by atoms with van der Waals surface area (Å²) in [5.41, 5.74) is 5.90. The molecule has 1 aliphatic heterocycles. The second-order valence-electron chi connectivity index (χ2n) is 4.49. The second-order valence-corrected chi connectivity index (χ2v) is 10.3. The Bertz CT molecular complexity index is 532. The first-order valence-electron chi connectivity index (χ1n) is 5.91. The van der Waals surface area contributed by atoms with Gasteiger partial charge < -0.3 is 5.73 Å². The van der Waals surface area contributed by atoms with Crippen LogP contribution in [0.1, 0.15) is 10.9 Å². The molecule has 8 heteroatoms. The molecule has 19 heavy (non-hydrogen) atoms. The molecule has 2 rings (SSSR count). The van der Waals surface area contributed by atoms with Gasteiger partial charge in [-0.25, -0.2) is 8.42 Å². The average Bonchev–Trinajstić information content (AvgIpc) is 2.76. The van der Waals surface area contributed by atoms with Crippen molar-refractivity contribution in [2.24, 2.45) is 5.73 Å². The van der Waals surface area contributed by atoms with Crippen molar-refractivity contribution >= 4 is 48.9 Å². The van der Waals surface area contributed by atoms with Gasteiger partial charge >= 0.3 is 0 Å².